The Morgan fingerprint density at radius 1 is 1.30 bits per heavy atom. The Bertz CT molecular complexity index is 320. The minimum Gasteiger partial charge on any atom is -0.329 e. The summed E-state index contributed by atoms with van der Waals surface area (Å²) in [5.41, 5.74) is 1.94. The van der Waals surface area contributed by atoms with Gasteiger partial charge in [-0.3, -0.25) is 0 Å². The molecule has 1 N–H and O–H groups in total. The van der Waals surface area contributed by atoms with E-state index in [1.54, 1.807) is 0 Å². The SMILES string of the molecule is [S]c1nc2ccccc2[nH]1. The maximum absolute atomic E-state index is 4.85. The van der Waals surface area contributed by atoms with Gasteiger partial charge in [0.2, 0.25) is 0 Å². The van der Waals surface area contributed by atoms with E-state index in [0.717, 1.165) is 11.0 Å². The fourth-order valence-electron chi connectivity index (χ4n) is 0.929. The zero-order chi connectivity index (χ0) is 6.97. The van der Waals surface area contributed by atoms with Gasteiger partial charge in [0.1, 0.15) is 0 Å². The average molecular weight is 149 g/mol. The Labute approximate surface area is 63.7 Å². The normalized spacial score (nSPS) is 10.4. The summed E-state index contributed by atoms with van der Waals surface area (Å²) in [6.45, 7) is 0. The zero-order valence-electron chi connectivity index (χ0n) is 5.16. The van der Waals surface area contributed by atoms with Gasteiger partial charge in [0.05, 0.1) is 11.0 Å². The largest absolute Gasteiger partial charge is 0.329 e. The lowest BCUT2D eigenvalue weighted by Gasteiger charge is -1.81. The van der Waals surface area contributed by atoms with E-state index in [-0.39, 0.29) is 0 Å². The molecule has 0 spiro atoms. The third-order valence-electron chi connectivity index (χ3n) is 1.37. The van der Waals surface area contributed by atoms with Crippen molar-refractivity contribution in [2.75, 3.05) is 0 Å². The molecule has 0 aliphatic carbocycles. The second-order valence-corrected chi connectivity index (χ2v) is 2.45. The van der Waals surface area contributed by atoms with Crippen molar-refractivity contribution < 1.29 is 0 Å². The number of rotatable bonds is 0. The van der Waals surface area contributed by atoms with Crippen molar-refractivity contribution in [1.29, 1.82) is 0 Å². The van der Waals surface area contributed by atoms with E-state index in [4.69, 9.17) is 12.6 Å². The Morgan fingerprint density at radius 2 is 2.10 bits per heavy atom. The predicted octanol–water partition coefficient (Wildman–Crippen LogP) is 2.12. The maximum atomic E-state index is 4.85. The molecule has 1 aromatic carbocycles. The van der Waals surface area contributed by atoms with Gasteiger partial charge in [0.25, 0.3) is 0 Å². The summed E-state index contributed by atoms with van der Waals surface area (Å²) in [7, 11) is 0. The highest BCUT2D eigenvalue weighted by molar-refractivity contribution is 7.80. The van der Waals surface area contributed by atoms with Crippen molar-refractivity contribution >= 4 is 23.7 Å². The molecule has 0 saturated heterocycles. The molecule has 0 aliphatic heterocycles. The van der Waals surface area contributed by atoms with E-state index in [0.29, 0.717) is 5.16 Å². The lowest BCUT2D eigenvalue weighted by atomic mass is 10.3. The third-order valence-corrected chi connectivity index (χ3v) is 1.56. The van der Waals surface area contributed by atoms with Crippen molar-refractivity contribution in [1.82, 2.24) is 9.97 Å². The number of nitrogens with zero attached hydrogens (tertiary/aromatic N) is 1. The first kappa shape index (κ1) is 5.68. The maximum Gasteiger partial charge on any atom is 0.197 e. The molecular formula is C7H5N2S. The molecule has 3 heteroatoms. The molecule has 0 aliphatic rings. The Morgan fingerprint density at radius 3 is 2.90 bits per heavy atom. The van der Waals surface area contributed by atoms with Crippen LogP contribution in [0.25, 0.3) is 11.0 Å². The molecular weight excluding hydrogens is 144 g/mol. The number of aromatic amines is 1. The summed E-state index contributed by atoms with van der Waals surface area (Å²) in [4.78, 5) is 7.03. The van der Waals surface area contributed by atoms with E-state index in [2.05, 4.69) is 9.97 Å². The van der Waals surface area contributed by atoms with Gasteiger partial charge in [-0.1, -0.05) is 12.1 Å². The summed E-state index contributed by atoms with van der Waals surface area (Å²) in [5, 5.41) is 0.557. The number of hydrogen-bond acceptors (Lipinski definition) is 1. The van der Waals surface area contributed by atoms with Crippen molar-refractivity contribution in [3.05, 3.63) is 24.3 Å². The van der Waals surface area contributed by atoms with Crippen molar-refractivity contribution in [2.45, 2.75) is 5.16 Å². The van der Waals surface area contributed by atoms with Gasteiger partial charge in [-0.05, 0) is 24.8 Å². The van der Waals surface area contributed by atoms with Crippen molar-refractivity contribution in [3.8, 4) is 0 Å². The fourth-order valence-corrected chi connectivity index (χ4v) is 1.14. The highest BCUT2D eigenvalue weighted by atomic mass is 32.1. The summed E-state index contributed by atoms with van der Waals surface area (Å²) in [6, 6.07) is 7.78. The molecule has 0 amide bonds. The van der Waals surface area contributed by atoms with Crippen LogP contribution < -0.4 is 0 Å². The van der Waals surface area contributed by atoms with Crippen LogP contribution in [-0.4, -0.2) is 9.97 Å². The van der Waals surface area contributed by atoms with Gasteiger partial charge in [0, 0.05) is 0 Å². The second kappa shape index (κ2) is 1.95. The molecule has 1 radical (unpaired) electrons. The number of nitrogens with one attached hydrogen (secondary N) is 1. The van der Waals surface area contributed by atoms with Crippen molar-refractivity contribution in [2.24, 2.45) is 0 Å². The zero-order valence-corrected chi connectivity index (χ0v) is 5.98. The van der Waals surface area contributed by atoms with E-state index >= 15 is 0 Å². The molecule has 0 saturated carbocycles. The molecule has 0 bridgehead atoms. The second-order valence-electron chi connectivity index (χ2n) is 2.06. The lowest BCUT2D eigenvalue weighted by molar-refractivity contribution is 1.09. The van der Waals surface area contributed by atoms with Gasteiger partial charge in [-0.15, -0.1) is 0 Å². The van der Waals surface area contributed by atoms with Crippen LogP contribution in [0, 0.1) is 0 Å². The van der Waals surface area contributed by atoms with Crippen LogP contribution in [0.2, 0.25) is 0 Å². The van der Waals surface area contributed by atoms with E-state index < -0.39 is 0 Å². The number of H-pyrrole nitrogens is 1. The van der Waals surface area contributed by atoms with E-state index in [9.17, 15) is 0 Å². The molecule has 0 unspecified atom stereocenters. The monoisotopic (exact) mass is 149 g/mol. The molecule has 2 nitrogen and oxygen atoms in total. The minimum atomic E-state index is 0.557. The van der Waals surface area contributed by atoms with Crippen molar-refractivity contribution in [3.63, 3.8) is 0 Å². The molecule has 1 aromatic heterocycles. The third kappa shape index (κ3) is 0.752. The van der Waals surface area contributed by atoms with Crippen LogP contribution in [0.4, 0.5) is 0 Å². The van der Waals surface area contributed by atoms with Crippen LogP contribution in [0.5, 0.6) is 0 Å². The standard InChI is InChI=1S/C7H5N2S/c10-7-8-5-3-1-2-4-6(5)9-7/h1-4H,(H,8,9). The number of imidazole rings is 1. The number of benzene rings is 1. The minimum absolute atomic E-state index is 0.557. The molecule has 49 valence electrons. The summed E-state index contributed by atoms with van der Waals surface area (Å²) >= 11 is 4.85. The number of fused-ring (bicyclic) bond motifs is 1. The first-order chi connectivity index (χ1) is 4.86. The van der Waals surface area contributed by atoms with Gasteiger partial charge < -0.3 is 4.98 Å². The summed E-state index contributed by atoms with van der Waals surface area (Å²) < 4.78 is 0. The van der Waals surface area contributed by atoms with Crippen LogP contribution in [0.3, 0.4) is 0 Å². The van der Waals surface area contributed by atoms with E-state index in [1.165, 1.54) is 0 Å². The highest BCUT2D eigenvalue weighted by Gasteiger charge is 1.95. The molecule has 1 heterocycles. The van der Waals surface area contributed by atoms with Gasteiger partial charge >= 0.3 is 0 Å². The summed E-state index contributed by atoms with van der Waals surface area (Å²) in [5.74, 6) is 0. The smallest absolute Gasteiger partial charge is 0.197 e. The Hall–Kier alpha value is -1.09. The lowest BCUT2D eigenvalue weighted by Crippen LogP contribution is -1.63. The first-order valence-corrected chi connectivity index (χ1v) is 3.39. The highest BCUT2D eigenvalue weighted by Crippen LogP contribution is 2.11. The predicted molar refractivity (Wildman–Crippen MR) is 42.0 cm³/mol. The molecule has 10 heavy (non-hydrogen) atoms. The number of hydrogen-bond donors (Lipinski definition) is 1. The van der Waals surface area contributed by atoms with Crippen LogP contribution in [0.1, 0.15) is 0 Å². The molecule has 2 aromatic rings. The van der Waals surface area contributed by atoms with Gasteiger partial charge in [0.15, 0.2) is 5.16 Å². The van der Waals surface area contributed by atoms with Crippen LogP contribution in [-0.2, 0) is 0 Å². The Balaban J connectivity index is 2.88. The summed E-state index contributed by atoms with van der Waals surface area (Å²) in [6.07, 6.45) is 0. The molecule has 0 atom stereocenters. The molecule has 2 rings (SSSR count). The fraction of sp³-hybridized carbons (Fsp3) is 0. The Kier molecular flexibility index (Phi) is 1.11. The number of para-hydroxylation sites is 2. The quantitative estimate of drug-likeness (QED) is 0.610. The molecule has 0 fully saturated rings. The number of aromatic nitrogens is 2. The van der Waals surface area contributed by atoms with E-state index in [1.807, 2.05) is 24.3 Å². The average Bonchev–Trinajstić information content (AvgIpc) is 2.27. The van der Waals surface area contributed by atoms with Crippen LogP contribution in [0.15, 0.2) is 29.4 Å². The van der Waals surface area contributed by atoms with Gasteiger partial charge in [-0.25, -0.2) is 4.98 Å². The van der Waals surface area contributed by atoms with Gasteiger partial charge in [-0.2, -0.15) is 0 Å². The van der Waals surface area contributed by atoms with Crippen LogP contribution >= 0.6 is 12.6 Å². The topological polar surface area (TPSA) is 28.7 Å². The first-order valence-electron chi connectivity index (χ1n) is 2.98.